The summed E-state index contributed by atoms with van der Waals surface area (Å²) in [5.41, 5.74) is 7.97. The number of halogens is 3. The van der Waals surface area contributed by atoms with Crippen LogP contribution in [0, 0.1) is 0 Å². The van der Waals surface area contributed by atoms with Crippen LogP contribution < -0.4 is 21.6 Å². The predicted molar refractivity (Wildman–Crippen MR) is 112 cm³/mol. The van der Waals surface area contributed by atoms with E-state index in [-0.39, 0.29) is 11.6 Å². The second kappa shape index (κ2) is 10.3. The summed E-state index contributed by atoms with van der Waals surface area (Å²) in [6.07, 6.45) is -4.73. The van der Waals surface area contributed by atoms with Crippen molar-refractivity contribution in [3.8, 4) is 5.75 Å². The molecule has 0 aromatic heterocycles. The Labute approximate surface area is 178 Å². The van der Waals surface area contributed by atoms with Gasteiger partial charge in [-0.25, -0.2) is 11.0 Å². The lowest BCUT2D eigenvalue weighted by Crippen LogP contribution is -2.42. The highest BCUT2D eigenvalue weighted by molar-refractivity contribution is 6.02. The third-order valence-electron chi connectivity index (χ3n) is 4.56. The molecule has 168 valence electrons. The molecule has 1 saturated heterocycles. The highest BCUT2D eigenvalue weighted by Crippen LogP contribution is 2.26. The van der Waals surface area contributed by atoms with Crippen molar-refractivity contribution in [1.29, 1.82) is 0 Å². The summed E-state index contributed by atoms with van der Waals surface area (Å²) in [5.74, 6) is 5.89. The van der Waals surface area contributed by atoms with Crippen molar-refractivity contribution in [3.63, 3.8) is 0 Å². The van der Waals surface area contributed by atoms with E-state index in [1.54, 1.807) is 24.3 Å². The fourth-order valence-corrected chi connectivity index (χ4v) is 3.02. The van der Waals surface area contributed by atoms with Gasteiger partial charge in [-0.3, -0.25) is 4.90 Å². The van der Waals surface area contributed by atoms with Crippen LogP contribution in [-0.4, -0.2) is 61.6 Å². The second-order valence-electron chi connectivity index (χ2n) is 6.85. The number of hydrazine groups is 1. The molecule has 31 heavy (non-hydrogen) atoms. The van der Waals surface area contributed by atoms with Crippen LogP contribution in [0.3, 0.4) is 0 Å². The number of rotatable bonds is 8. The van der Waals surface area contributed by atoms with E-state index in [9.17, 15) is 13.2 Å². The van der Waals surface area contributed by atoms with E-state index in [0.29, 0.717) is 36.7 Å². The van der Waals surface area contributed by atoms with E-state index in [1.165, 1.54) is 29.4 Å². The molecule has 8 nitrogen and oxygen atoms in total. The van der Waals surface area contributed by atoms with Crippen LogP contribution in [0.5, 0.6) is 5.75 Å². The summed E-state index contributed by atoms with van der Waals surface area (Å²) < 4.78 is 46.1. The van der Waals surface area contributed by atoms with Gasteiger partial charge in [0.1, 0.15) is 5.75 Å². The summed E-state index contributed by atoms with van der Waals surface area (Å²) >= 11 is 0. The first-order chi connectivity index (χ1) is 14.8. The van der Waals surface area contributed by atoms with E-state index in [1.807, 2.05) is 0 Å². The van der Waals surface area contributed by atoms with Gasteiger partial charge in [0.05, 0.1) is 19.8 Å². The van der Waals surface area contributed by atoms with E-state index in [2.05, 4.69) is 20.1 Å². The number of ether oxygens (including phenoxy) is 2. The van der Waals surface area contributed by atoms with Gasteiger partial charge in [-0.15, -0.1) is 18.3 Å². The Bertz CT molecular complexity index is 870. The third-order valence-corrected chi connectivity index (χ3v) is 4.56. The molecule has 0 bridgehead atoms. The predicted octanol–water partition coefficient (Wildman–Crippen LogP) is 2.46. The Morgan fingerprint density at radius 3 is 2.48 bits per heavy atom. The fourth-order valence-electron chi connectivity index (χ4n) is 3.02. The maximum absolute atomic E-state index is 12.3. The molecule has 1 aliphatic rings. The largest absolute Gasteiger partial charge is 0.573 e. The smallest absolute Gasteiger partial charge is 0.406 e. The average Bonchev–Trinajstić information content (AvgIpc) is 2.74. The number of morpholine rings is 1. The summed E-state index contributed by atoms with van der Waals surface area (Å²) in [5, 5.41) is 8.67. The van der Waals surface area contributed by atoms with E-state index < -0.39 is 6.36 Å². The SMILES string of the molecule is N/C(=N\N(N)CCN1CCOCC1)c1ccccc1Nc1ccc(OC(F)(F)F)cc1. The minimum Gasteiger partial charge on any atom is -0.406 e. The van der Waals surface area contributed by atoms with Gasteiger partial charge in [-0.2, -0.15) is 0 Å². The third kappa shape index (κ3) is 7.31. The van der Waals surface area contributed by atoms with Crippen molar-refractivity contribution in [3.05, 3.63) is 54.1 Å². The number of nitrogens with one attached hydrogen (secondary N) is 1. The zero-order chi connectivity index (χ0) is 22.3. The Hall–Kier alpha value is -3.02. The molecular weight excluding hydrogens is 413 g/mol. The quantitative estimate of drug-likeness (QED) is 0.252. The monoisotopic (exact) mass is 438 g/mol. The molecule has 0 saturated carbocycles. The van der Waals surface area contributed by atoms with Crippen LogP contribution in [0.25, 0.3) is 0 Å². The lowest BCUT2D eigenvalue weighted by molar-refractivity contribution is -0.274. The van der Waals surface area contributed by atoms with Crippen molar-refractivity contribution < 1.29 is 22.6 Å². The number of hydrogen-bond acceptors (Lipinski definition) is 7. The molecule has 2 aromatic carbocycles. The first-order valence-electron chi connectivity index (χ1n) is 9.69. The molecule has 0 aliphatic carbocycles. The molecule has 2 aromatic rings. The Morgan fingerprint density at radius 1 is 1.13 bits per heavy atom. The molecular formula is C20H25F3N6O2. The minimum absolute atomic E-state index is 0.213. The first-order valence-corrected chi connectivity index (χ1v) is 9.69. The van der Waals surface area contributed by atoms with Crippen LogP contribution in [0.4, 0.5) is 24.5 Å². The number of benzene rings is 2. The standard InChI is InChI=1S/C20H25F3N6O2/c21-20(22,23)31-16-7-5-15(6-8-16)26-18-4-2-1-3-17(18)19(24)27-29(25)10-9-28-11-13-30-14-12-28/h1-8,26H,9-14,25H2,(H2,24,27). The maximum atomic E-state index is 12.3. The highest BCUT2D eigenvalue weighted by Gasteiger charge is 2.30. The van der Waals surface area contributed by atoms with E-state index in [0.717, 1.165) is 19.6 Å². The Morgan fingerprint density at radius 2 is 1.81 bits per heavy atom. The molecule has 1 heterocycles. The van der Waals surface area contributed by atoms with Crippen molar-refractivity contribution >= 4 is 17.2 Å². The lowest BCUT2D eigenvalue weighted by Gasteiger charge is -2.27. The Balaban J connectivity index is 1.64. The first kappa shape index (κ1) is 22.7. The number of nitrogens with two attached hydrogens (primary N) is 2. The molecule has 0 amide bonds. The molecule has 1 fully saturated rings. The van der Waals surface area contributed by atoms with E-state index >= 15 is 0 Å². The van der Waals surface area contributed by atoms with Crippen molar-refractivity contribution in [1.82, 2.24) is 10.0 Å². The maximum Gasteiger partial charge on any atom is 0.573 e. The summed E-state index contributed by atoms with van der Waals surface area (Å²) in [4.78, 5) is 2.23. The van der Waals surface area contributed by atoms with Gasteiger partial charge < -0.3 is 20.5 Å². The van der Waals surface area contributed by atoms with Crippen LogP contribution in [0.1, 0.15) is 5.56 Å². The van der Waals surface area contributed by atoms with Crippen molar-refractivity contribution in [2.45, 2.75) is 6.36 Å². The second-order valence-corrected chi connectivity index (χ2v) is 6.85. The summed E-state index contributed by atoms with van der Waals surface area (Å²) in [6, 6.07) is 12.6. The normalized spacial score (nSPS) is 15.5. The van der Waals surface area contributed by atoms with Crippen LogP contribution in [0.2, 0.25) is 0 Å². The Kier molecular flexibility index (Phi) is 7.55. The lowest BCUT2D eigenvalue weighted by atomic mass is 10.1. The van der Waals surface area contributed by atoms with Gasteiger partial charge >= 0.3 is 6.36 Å². The van der Waals surface area contributed by atoms with Crippen molar-refractivity contribution in [2.75, 3.05) is 44.7 Å². The van der Waals surface area contributed by atoms with Crippen LogP contribution in [0.15, 0.2) is 53.6 Å². The zero-order valence-electron chi connectivity index (χ0n) is 16.8. The van der Waals surface area contributed by atoms with Crippen molar-refractivity contribution in [2.24, 2.45) is 16.7 Å². The number of anilines is 2. The molecule has 3 rings (SSSR count). The molecule has 0 atom stereocenters. The van der Waals surface area contributed by atoms with Crippen LogP contribution in [-0.2, 0) is 4.74 Å². The van der Waals surface area contributed by atoms with Gasteiger partial charge in [0.25, 0.3) is 0 Å². The summed E-state index contributed by atoms with van der Waals surface area (Å²) in [6.45, 7) is 4.36. The number of nitrogens with zero attached hydrogens (tertiary/aromatic N) is 3. The minimum atomic E-state index is -4.73. The number of hydrogen-bond donors (Lipinski definition) is 3. The molecule has 5 N–H and O–H groups in total. The molecule has 0 unspecified atom stereocenters. The van der Waals surface area contributed by atoms with Gasteiger partial charge in [-0.05, 0) is 36.4 Å². The number of alkyl halides is 3. The number of amidine groups is 1. The molecule has 0 spiro atoms. The van der Waals surface area contributed by atoms with Gasteiger partial charge in [0, 0.05) is 36.6 Å². The van der Waals surface area contributed by atoms with Gasteiger partial charge in [-0.1, -0.05) is 12.1 Å². The average molecular weight is 438 g/mol. The van der Waals surface area contributed by atoms with E-state index in [4.69, 9.17) is 16.3 Å². The number of hydrazone groups is 1. The van der Waals surface area contributed by atoms with Gasteiger partial charge in [0.15, 0.2) is 5.84 Å². The molecule has 0 radical (unpaired) electrons. The molecule has 1 aliphatic heterocycles. The zero-order valence-corrected chi connectivity index (χ0v) is 16.8. The van der Waals surface area contributed by atoms with Crippen LogP contribution >= 0.6 is 0 Å². The highest BCUT2D eigenvalue weighted by atomic mass is 19.4. The summed E-state index contributed by atoms with van der Waals surface area (Å²) in [7, 11) is 0. The molecule has 11 heteroatoms. The number of para-hydroxylation sites is 1. The van der Waals surface area contributed by atoms with Gasteiger partial charge in [0.2, 0.25) is 0 Å². The fraction of sp³-hybridized carbons (Fsp3) is 0.350. The topological polar surface area (TPSA) is 101 Å².